The van der Waals surface area contributed by atoms with Crippen LogP contribution in [-0.2, 0) is 0 Å². The molecule has 0 bridgehead atoms. The van der Waals surface area contributed by atoms with Crippen molar-refractivity contribution in [3.05, 3.63) is 0 Å². The fourth-order valence-corrected chi connectivity index (χ4v) is 1.76. The van der Waals surface area contributed by atoms with Gasteiger partial charge in [0.2, 0.25) is 0 Å². The molecule has 1 saturated carbocycles. The van der Waals surface area contributed by atoms with Crippen molar-refractivity contribution < 1.29 is 0 Å². The molecular formula is C11H19N. The zero-order chi connectivity index (χ0) is 8.97. The van der Waals surface area contributed by atoms with E-state index in [2.05, 4.69) is 19.9 Å². The van der Waals surface area contributed by atoms with Crippen LogP contribution in [0.1, 0.15) is 46.0 Å². The molecule has 0 aliphatic heterocycles. The molecule has 0 heterocycles. The highest BCUT2D eigenvalue weighted by molar-refractivity contribution is 4.80. The minimum Gasteiger partial charge on any atom is -0.198 e. The number of nitriles is 1. The van der Waals surface area contributed by atoms with E-state index in [1.54, 1.807) is 0 Å². The summed E-state index contributed by atoms with van der Waals surface area (Å²) in [7, 11) is 0. The van der Waals surface area contributed by atoms with Crippen molar-refractivity contribution >= 4 is 0 Å². The van der Waals surface area contributed by atoms with Gasteiger partial charge in [0.1, 0.15) is 0 Å². The highest BCUT2D eigenvalue weighted by atomic mass is 14.3. The van der Waals surface area contributed by atoms with Gasteiger partial charge in [-0.3, -0.25) is 0 Å². The largest absolute Gasteiger partial charge is 0.198 e. The molecule has 0 N–H and O–H groups in total. The van der Waals surface area contributed by atoms with E-state index in [0.29, 0.717) is 0 Å². The van der Waals surface area contributed by atoms with E-state index in [9.17, 15) is 0 Å². The number of hydrogen-bond acceptors (Lipinski definition) is 1. The third-order valence-electron chi connectivity index (χ3n) is 2.90. The molecule has 68 valence electrons. The van der Waals surface area contributed by atoms with Crippen molar-refractivity contribution in [1.29, 1.82) is 5.26 Å². The van der Waals surface area contributed by atoms with Crippen LogP contribution in [0, 0.1) is 29.1 Å². The summed E-state index contributed by atoms with van der Waals surface area (Å²) in [6.45, 7) is 4.56. The van der Waals surface area contributed by atoms with Gasteiger partial charge < -0.3 is 0 Å². The van der Waals surface area contributed by atoms with Gasteiger partial charge in [-0.2, -0.15) is 5.26 Å². The molecule has 0 spiro atoms. The van der Waals surface area contributed by atoms with Gasteiger partial charge in [0.15, 0.2) is 0 Å². The van der Waals surface area contributed by atoms with Gasteiger partial charge in [0, 0.05) is 6.42 Å². The molecule has 0 aromatic carbocycles. The predicted octanol–water partition coefficient (Wildman–Crippen LogP) is 3.36. The molecule has 1 heteroatoms. The maximum Gasteiger partial charge on any atom is 0.0621 e. The summed E-state index contributed by atoms with van der Waals surface area (Å²) >= 11 is 0. The summed E-state index contributed by atoms with van der Waals surface area (Å²) in [4.78, 5) is 0. The average molecular weight is 165 g/mol. The van der Waals surface area contributed by atoms with Crippen molar-refractivity contribution in [2.75, 3.05) is 0 Å². The Morgan fingerprint density at radius 3 is 2.50 bits per heavy atom. The Balaban J connectivity index is 2.22. The van der Waals surface area contributed by atoms with Crippen molar-refractivity contribution in [1.82, 2.24) is 0 Å². The SMILES string of the molecule is CC(C)C(CCC#N)CC1CC1. The second-order valence-electron chi connectivity index (χ2n) is 4.38. The van der Waals surface area contributed by atoms with Crippen molar-refractivity contribution in [3.8, 4) is 6.07 Å². The molecule has 1 aliphatic rings. The molecule has 0 aromatic heterocycles. The van der Waals surface area contributed by atoms with E-state index in [1.807, 2.05) is 0 Å². The Labute approximate surface area is 75.8 Å². The normalized spacial score (nSPS) is 19.2. The molecule has 1 rings (SSSR count). The zero-order valence-corrected chi connectivity index (χ0v) is 8.21. The molecule has 1 aliphatic carbocycles. The number of hydrogen-bond donors (Lipinski definition) is 0. The Bertz CT molecular complexity index is 162. The van der Waals surface area contributed by atoms with Gasteiger partial charge in [0.25, 0.3) is 0 Å². The maximum atomic E-state index is 8.50. The monoisotopic (exact) mass is 165 g/mol. The quantitative estimate of drug-likeness (QED) is 0.612. The van der Waals surface area contributed by atoms with Crippen molar-refractivity contribution in [3.63, 3.8) is 0 Å². The molecule has 0 radical (unpaired) electrons. The lowest BCUT2D eigenvalue weighted by molar-refractivity contribution is 0.324. The standard InChI is InChI=1S/C11H19N/c1-9(2)11(4-3-7-12)8-10-5-6-10/h9-11H,3-6,8H2,1-2H3. The lowest BCUT2D eigenvalue weighted by atomic mass is 9.87. The topological polar surface area (TPSA) is 23.8 Å². The molecule has 1 fully saturated rings. The first-order valence-electron chi connectivity index (χ1n) is 5.11. The smallest absolute Gasteiger partial charge is 0.0621 e. The van der Waals surface area contributed by atoms with Crippen LogP contribution in [0.2, 0.25) is 0 Å². The first-order valence-corrected chi connectivity index (χ1v) is 5.11. The Morgan fingerprint density at radius 1 is 1.42 bits per heavy atom. The first-order chi connectivity index (χ1) is 5.74. The molecular weight excluding hydrogens is 146 g/mol. The van der Waals surface area contributed by atoms with Crippen LogP contribution in [0.25, 0.3) is 0 Å². The van der Waals surface area contributed by atoms with E-state index in [1.165, 1.54) is 19.3 Å². The summed E-state index contributed by atoms with van der Waals surface area (Å²) < 4.78 is 0. The first kappa shape index (κ1) is 9.58. The molecule has 12 heavy (non-hydrogen) atoms. The van der Waals surface area contributed by atoms with Gasteiger partial charge in [-0.1, -0.05) is 26.7 Å². The second-order valence-corrected chi connectivity index (χ2v) is 4.38. The summed E-state index contributed by atoms with van der Waals surface area (Å²) in [5.41, 5.74) is 0. The minimum absolute atomic E-state index is 0.746. The maximum absolute atomic E-state index is 8.50. The van der Waals surface area contributed by atoms with Crippen LogP contribution in [-0.4, -0.2) is 0 Å². The zero-order valence-electron chi connectivity index (χ0n) is 8.21. The highest BCUT2D eigenvalue weighted by Gasteiger charge is 2.26. The highest BCUT2D eigenvalue weighted by Crippen LogP contribution is 2.38. The minimum atomic E-state index is 0.746. The fourth-order valence-electron chi connectivity index (χ4n) is 1.76. The van der Waals surface area contributed by atoms with Gasteiger partial charge >= 0.3 is 0 Å². The van der Waals surface area contributed by atoms with Crippen LogP contribution in [0.5, 0.6) is 0 Å². The van der Waals surface area contributed by atoms with Crippen molar-refractivity contribution in [2.45, 2.75) is 46.0 Å². The lowest BCUT2D eigenvalue weighted by Crippen LogP contribution is -2.09. The van der Waals surface area contributed by atoms with E-state index in [4.69, 9.17) is 5.26 Å². The second kappa shape index (κ2) is 4.50. The molecule has 1 atom stereocenters. The van der Waals surface area contributed by atoms with Crippen LogP contribution >= 0.6 is 0 Å². The fraction of sp³-hybridized carbons (Fsp3) is 0.909. The summed E-state index contributed by atoms with van der Waals surface area (Å²) in [5.74, 6) is 2.58. The Kier molecular flexibility index (Phi) is 3.59. The van der Waals surface area contributed by atoms with Gasteiger partial charge in [-0.15, -0.1) is 0 Å². The molecule has 0 amide bonds. The third kappa shape index (κ3) is 3.26. The number of nitrogens with zero attached hydrogens (tertiary/aromatic N) is 1. The molecule has 1 unspecified atom stereocenters. The summed E-state index contributed by atoms with van der Waals surface area (Å²) in [6.07, 6.45) is 6.12. The Morgan fingerprint density at radius 2 is 2.08 bits per heavy atom. The molecule has 0 aromatic rings. The predicted molar refractivity (Wildman–Crippen MR) is 50.5 cm³/mol. The van der Waals surface area contributed by atoms with Crippen LogP contribution < -0.4 is 0 Å². The van der Waals surface area contributed by atoms with E-state index < -0.39 is 0 Å². The summed E-state index contributed by atoms with van der Waals surface area (Å²) in [6, 6.07) is 2.25. The molecule has 1 nitrogen and oxygen atoms in total. The van der Waals surface area contributed by atoms with Gasteiger partial charge in [-0.25, -0.2) is 0 Å². The number of rotatable bonds is 5. The lowest BCUT2D eigenvalue weighted by Gasteiger charge is -2.18. The van der Waals surface area contributed by atoms with E-state index in [0.717, 1.165) is 30.6 Å². The summed E-state index contributed by atoms with van der Waals surface area (Å²) in [5, 5.41) is 8.50. The van der Waals surface area contributed by atoms with Crippen LogP contribution in [0.3, 0.4) is 0 Å². The van der Waals surface area contributed by atoms with E-state index >= 15 is 0 Å². The van der Waals surface area contributed by atoms with Crippen LogP contribution in [0.4, 0.5) is 0 Å². The average Bonchev–Trinajstić information content (AvgIpc) is 2.80. The third-order valence-corrected chi connectivity index (χ3v) is 2.90. The van der Waals surface area contributed by atoms with E-state index in [-0.39, 0.29) is 0 Å². The van der Waals surface area contributed by atoms with Gasteiger partial charge in [-0.05, 0) is 30.6 Å². The van der Waals surface area contributed by atoms with Crippen LogP contribution in [0.15, 0.2) is 0 Å². The van der Waals surface area contributed by atoms with Gasteiger partial charge in [0.05, 0.1) is 6.07 Å². The Hall–Kier alpha value is -0.510. The molecule has 0 saturated heterocycles. The van der Waals surface area contributed by atoms with Crippen molar-refractivity contribution in [2.24, 2.45) is 17.8 Å².